The maximum Gasteiger partial charge on any atom is 0.236 e. The van der Waals surface area contributed by atoms with Crippen LogP contribution < -0.4 is 15.4 Å². The molecule has 166 valence electrons. The number of hydrogen-bond donors (Lipinski definition) is 2. The van der Waals surface area contributed by atoms with Gasteiger partial charge in [0, 0.05) is 31.7 Å². The van der Waals surface area contributed by atoms with Crippen LogP contribution in [0.5, 0.6) is 5.88 Å². The number of rotatable bonds is 4. The highest BCUT2D eigenvalue weighted by Gasteiger charge is 2.29. The van der Waals surface area contributed by atoms with Crippen molar-refractivity contribution in [2.24, 2.45) is 0 Å². The predicted octanol–water partition coefficient (Wildman–Crippen LogP) is 4.05. The van der Waals surface area contributed by atoms with E-state index in [9.17, 15) is 0 Å². The second-order valence-corrected chi connectivity index (χ2v) is 8.76. The van der Waals surface area contributed by atoms with Crippen LogP contribution in [-0.2, 0) is 11.4 Å². The van der Waals surface area contributed by atoms with Crippen LogP contribution in [0.25, 0.3) is 0 Å². The van der Waals surface area contributed by atoms with Crippen molar-refractivity contribution in [3.05, 3.63) is 48.2 Å². The summed E-state index contributed by atoms with van der Waals surface area (Å²) in [5.41, 5.74) is 8.62. The standard InChI is InChI=1S/C19H26N4O.C4H10O2/c1-14-11-22(17-9-18(20)19(24-3)21-10-17)12-15(2)23(14)13-16-7-5-4-6-8-16;1-4(2,3)6-5/h4-10,14-15H,11-13,20H2,1-3H3;5H,1-3H3/t14-,15+;. The topological polar surface area (TPSA) is 84.1 Å². The van der Waals surface area contributed by atoms with Gasteiger partial charge in [-0.2, -0.15) is 0 Å². The smallest absolute Gasteiger partial charge is 0.236 e. The predicted molar refractivity (Wildman–Crippen MR) is 122 cm³/mol. The van der Waals surface area contributed by atoms with Crippen LogP contribution in [0, 0.1) is 0 Å². The van der Waals surface area contributed by atoms with Crippen molar-refractivity contribution >= 4 is 11.4 Å². The van der Waals surface area contributed by atoms with Crippen molar-refractivity contribution < 1.29 is 14.9 Å². The van der Waals surface area contributed by atoms with E-state index >= 15 is 0 Å². The summed E-state index contributed by atoms with van der Waals surface area (Å²) >= 11 is 0. The Bertz CT molecular complexity index is 768. The molecule has 0 amide bonds. The molecule has 3 N–H and O–H groups in total. The summed E-state index contributed by atoms with van der Waals surface area (Å²) in [5, 5.41) is 7.90. The first kappa shape index (κ1) is 23.9. The summed E-state index contributed by atoms with van der Waals surface area (Å²) in [4.78, 5) is 13.2. The molecule has 0 bridgehead atoms. The summed E-state index contributed by atoms with van der Waals surface area (Å²) in [7, 11) is 1.59. The molecule has 2 heterocycles. The van der Waals surface area contributed by atoms with Crippen molar-refractivity contribution in [2.75, 3.05) is 30.8 Å². The molecule has 2 aromatic rings. The lowest BCUT2D eigenvalue weighted by Gasteiger charge is -2.45. The molecule has 1 fully saturated rings. The number of nitrogen functional groups attached to an aromatic ring is 1. The van der Waals surface area contributed by atoms with Gasteiger partial charge in [-0.25, -0.2) is 9.87 Å². The van der Waals surface area contributed by atoms with E-state index in [-0.39, 0.29) is 0 Å². The largest absolute Gasteiger partial charge is 0.480 e. The number of aromatic nitrogens is 1. The van der Waals surface area contributed by atoms with Gasteiger partial charge in [-0.1, -0.05) is 30.3 Å². The van der Waals surface area contributed by atoms with Gasteiger partial charge in [0.25, 0.3) is 0 Å². The van der Waals surface area contributed by atoms with Crippen molar-refractivity contribution in [1.82, 2.24) is 9.88 Å². The van der Waals surface area contributed by atoms with Crippen molar-refractivity contribution in [1.29, 1.82) is 0 Å². The lowest BCUT2D eigenvalue weighted by Crippen LogP contribution is -2.56. The molecular formula is C23H36N4O3. The van der Waals surface area contributed by atoms with Crippen LogP contribution >= 0.6 is 0 Å². The van der Waals surface area contributed by atoms with Gasteiger partial charge in [0.1, 0.15) is 0 Å². The van der Waals surface area contributed by atoms with E-state index in [1.54, 1.807) is 27.9 Å². The van der Waals surface area contributed by atoms with Crippen LogP contribution in [0.2, 0.25) is 0 Å². The maximum atomic E-state index is 7.90. The van der Waals surface area contributed by atoms with Gasteiger partial charge in [0.05, 0.1) is 30.3 Å². The van der Waals surface area contributed by atoms with Crippen molar-refractivity contribution in [2.45, 2.75) is 58.8 Å². The quantitative estimate of drug-likeness (QED) is 0.575. The molecule has 7 heteroatoms. The first-order valence-electron chi connectivity index (χ1n) is 10.3. The molecule has 2 atom stereocenters. The molecule has 7 nitrogen and oxygen atoms in total. The third-order valence-corrected chi connectivity index (χ3v) is 5.01. The molecule has 0 spiro atoms. The SMILES string of the molecule is CC(C)(C)OO.COc1ncc(N2C[C@@H](C)N(Cc3ccccc3)[C@@H](C)C2)cc1N. The van der Waals surface area contributed by atoms with Gasteiger partial charge in [-0.15, -0.1) is 0 Å². The average Bonchev–Trinajstić information content (AvgIpc) is 2.71. The minimum atomic E-state index is -0.403. The molecule has 1 aromatic heterocycles. The van der Waals surface area contributed by atoms with Crippen LogP contribution in [0.4, 0.5) is 11.4 Å². The fourth-order valence-electron chi connectivity index (χ4n) is 3.47. The van der Waals surface area contributed by atoms with Crippen LogP contribution in [0.1, 0.15) is 40.2 Å². The number of hydrogen-bond acceptors (Lipinski definition) is 7. The Hall–Kier alpha value is -2.35. The minimum Gasteiger partial charge on any atom is -0.480 e. The molecule has 0 radical (unpaired) electrons. The lowest BCUT2D eigenvalue weighted by molar-refractivity contribution is -0.306. The van der Waals surface area contributed by atoms with E-state index in [0.29, 0.717) is 23.7 Å². The minimum absolute atomic E-state index is 0.403. The van der Waals surface area contributed by atoms with Crippen LogP contribution in [-0.4, -0.2) is 53.0 Å². The molecule has 1 aliphatic heterocycles. The number of methoxy groups -OCH3 is 1. The molecule has 0 aliphatic carbocycles. The maximum absolute atomic E-state index is 7.90. The Morgan fingerprint density at radius 3 is 2.17 bits per heavy atom. The van der Waals surface area contributed by atoms with Crippen molar-refractivity contribution in [3.63, 3.8) is 0 Å². The fourth-order valence-corrected chi connectivity index (χ4v) is 3.47. The highest BCUT2D eigenvalue weighted by Crippen LogP contribution is 2.28. The molecular weight excluding hydrogens is 380 g/mol. The summed E-state index contributed by atoms with van der Waals surface area (Å²) in [6, 6.07) is 13.5. The third kappa shape index (κ3) is 6.86. The Kier molecular flexibility index (Phi) is 8.46. The number of nitrogens with zero attached hydrogens (tertiary/aromatic N) is 3. The lowest BCUT2D eigenvalue weighted by atomic mass is 10.1. The first-order valence-corrected chi connectivity index (χ1v) is 10.3. The number of anilines is 2. The van der Waals surface area contributed by atoms with Gasteiger partial charge in [-0.05, 0) is 46.2 Å². The van der Waals surface area contributed by atoms with E-state index < -0.39 is 5.60 Å². The zero-order valence-corrected chi connectivity index (χ0v) is 19.0. The Morgan fingerprint density at radius 2 is 1.70 bits per heavy atom. The Labute approximate surface area is 180 Å². The zero-order valence-electron chi connectivity index (χ0n) is 19.0. The Balaban J connectivity index is 0.000000469. The molecule has 1 saturated heterocycles. The number of piperazine rings is 1. The number of nitrogens with two attached hydrogens (primary N) is 1. The Morgan fingerprint density at radius 1 is 1.13 bits per heavy atom. The first-order chi connectivity index (χ1) is 14.1. The molecule has 30 heavy (non-hydrogen) atoms. The molecule has 0 unspecified atom stereocenters. The second-order valence-electron chi connectivity index (χ2n) is 8.76. The summed E-state index contributed by atoms with van der Waals surface area (Å²) in [5.74, 6) is 0.488. The summed E-state index contributed by atoms with van der Waals surface area (Å²) < 4.78 is 5.15. The van der Waals surface area contributed by atoms with Gasteiger partial charge >= 0.3 is 0 Å². The van der Waals surface area contributed by atoms with Gasteiger partial charge in [0.2, 0.25) is 5.88 Å². The monoisotopic (exact) mass is 416 g/mol. The van der Waals surface area contributed by atoms with Gasteiger partial charge in [0.15, 0.2) is 0 Å². The number of ether oxygens (including phenoxy) is 1. The average molecular weight is 417 g/mol. The van der Waals surface area contributed by atoms with E-state index in [2.05, 4.69) is 63.9 Å². The van der Waals surface area contributed by atoms with Crippen LogP contribution in [0.15, 0.2) is 42.6 Å². The molecule has 3 rings (SSSR count). The fraction of sp³-hybridized carbons (Fsp3) is 0.522. The van der Waals surface area contributed by atoms with Gasteiger partial charge < -0.3 is 15.4 Å². The molecule has 1 aliphatic rings. The molecule has 1 aromatic carbocycles. The van der Waals surface area contributed by atoms with Gasteiger partial charge in [-0.3, -0.25) is 10.2 Å². The normalized spacial score (nSPS) is 19.8. The van der Waals surface area contributed by atoms with Crippen LogP contribution in [0.3, 0.4) is 0 Å². The highest BCUT2D eigenvalue weighted by atomic mass is 17.1. The third-order valence-electron chi connectivity index (χ3n) is 5.01. The summed E-state index contributed by atoms with van der Waals surface area (Å²) in [6.45, 7) is 12.8. The van der Waals surface area contributed by atoms with Crippen molar-refractivity contribution in [3.8, 4) is 5.88 Å². The summed E-state index contributed by atoms with van der Waals surface area (Å²) in [6.07, 6.45) is 1.85. The number of benzene rings is 1. The van der Waals surface area contributed by atoms with E-state index in [1.807, 2.05) is 12.3 Å². The number of pyridine rings is 1. The molecule has 0 saturated carbocycles. The zero-order chi connectivity index (χ0) is 22.3. The van der Waals surface area contributed by atoms with E-state index in [4.69, 9.17) is 15.7 Å². The van der Waals surface area contributed by atoms with E-state index in [1.165, 1.54) is 5.56 Å². The second kappa shape index (κ2) is 10.6. The highest BCUT2D eigenvalue weighted by molar-refractivity contribution is 5.59. The van der Waals surface area contributed by atoms with E-state index in [0.717, 1.165) is 25.3 Å².